The SMILES string of the molecule is CC(C)(C)C(O)(CN)Cc1ccnc(N)c1. The number of hydrogen-bond acceptors (Lipinski definition) is 4. The van der Waals surface area contributed by atoms with Crippen molar-refractivity contribution >= 4 is 5.82 Å². The molecule has 1 aromatic heterocycles. The van der Waals surface area contributed by atoms with Gasteiger partial charge in [-0.3, -0.25) is 0 Å². The molecule has 1 aromatic rings. The standard InChI is InChI=1S/C12H21N3O/c1-11(2,3)12(16,8-13)7-9-4-5-15-10(14)6-9/h4-6,16H,7-8,13H2,1-3H3,(H2,14,15). The normalized spacial score (nSPS) is 15.8. The smallest absolute Gasteiger partial charge is 0.123 e. The van der Waals surface area contributed by atoms with E-state index in [0.29, 0.717) is 12.2 Å². The van der Waals surface area contributed by atoms with E-state index in [0.717, 1.165) is 5.56 Å². The van der Waals surface area contributed by atoms with Crippen molar-refractivity contribution in [2.45, 2.75) is 32.8 Å². The van der Waals surface area contributed by atoms with Crippen molar-refractivity contribution in [2.24, 2.45) is 11.1 Å². The molecule has 0 spiro atoms. The van der Waals surface area contributed by atoms with E-state index in [1.807, 2.05) is 26.8 Å². The summed E-state index contributed by atoms with van der Waals surface area (Å²) < 4.78 is 0. The van der Waals surface area contributed by atoms with Gasteiger partial charge in [-0.1, -0.05) is 20.8 Å². The monoisotopic (exact) mass is 223 g/mol. The van der Waals surface area contributed by atoms with E-state index >= 15 is 0 Å². The van der Waals surface area contributed by atoms with Crippen molar-refractivity contribution in [2.75, 3.05) is 12.3 Å². The van der Waals surface area contributed by atoms with Crippen molar-refractivity contribution < 1.29 is 5.11 Å². The Morgan fingerprint density at radius 3 is 2.44 bits per heavy atom. The molecule has 0 bridgehead atoms. The van der Waals surface area contributed by atoms with Gasteiger partial charge in [0.2, 0.25) is 0 Å². The van der Waals surface area contributed by atoms with Crippen LogP contribution in [0, 0.1) is 5.41 Å². The van der Waals surface area contributed by atoms with Crippen molar-refractivity contribution in [3.05, 3.63) is 23.9 Å². The number of aliphatic hydroxyl groups is 1. The molecule has 1 unspecified atom stereocenters. The summed E-state index contributed by atoms with van der Waals surface area (Å²) in [6, 6.07) is 3.62. The zero-order valence-electron chi connectivity index (χ0n) is 10.2. The minimum Gasteiger partial charge on any atom is -0.388 e. The molecule has 5 N–H and O–H groups in total. The second-order valence-corrected chi connectivity index (χ2v) is 5.25. The molecule has 0 aliphatic carbocycles. The van der Waals surface area contributed by atoms with Crippen LogP contribution in [0.1, 0.15) is 26.3 Å². The maximum Gasteiger partial charge on any atom is 0.123 e. The van der Waals surface area contributed by atoms with E-state index in [9.17, 15) is 5.11 Å². The quantitative estimate of drug-likeness (QED) is 0.712. The van der Waals surface area contributed by atoms with Crippen LogP contribution in [0.3, 0.4) is 0 Å². The number of nitrogen functional groups attached to an aromatic ring is 1. The van der Waals surface area contributed by atoms with Gasteiger partial charge in [-0.05, 0) is 23.1 Å². The third kappa shape index (κ3) is 2.71. The number of pyridine rings is 1. The summed E-state index contributed by atoms with van der Waals surface area (Å²) in [7, 11) is 0. The molecule has 1 atom stereocenters. The number of hydrogen-bond donors (Lipinski definition) is 3. The molecule has 0 aliphatic heterocycles. The fraction of sp³-hybridized carbons (Fsp3) is 0.583. The molecular weight excluding hydrogens is 202 g/mol. The van der Waals surface area contributed by atoms with Crippen LogP contribution in [0.5, 0.6) is 0 Å². The molecular formula is C12H21N3O. The molecule has 0 saturated carbocycles. The Morgan fingerprint density at radius 2 is 2.00 bits per heavy atom. The van der Waals surface area contributed by atoms with Gasteiger partial charge < -0.3 is 16.6 Å². The van der Waals surface area contributed by atoms with Gasteiger partial charge in [-0.15, -0.1) is 0 Å². The van der Waals surface area contributed by atoms with Crippen molar-refractivity contribution in [3.8, 4) is 0 Å². The Morgan fingerprint density at radius 1 is 1.38 bits per heavy atom. The lowest BCUT2D eigenvalue weighted by Crippen LogP contribution is -2.50. The van der Waals surface area contributed by atoms with Crippen LogP contribution < -0.4 is 11.5 Å². The van der Waals surface area contributed by atoms with Gasteiger partial charge in [0.1, 0.15) is 5.82 Å². The van der Waals surface area contributed by atoms with Crippen LogP contribution in [-0.4, -0.2) is 22.2 Å². The van der Waals surface area contributed by atoms with E-state index in [1.54, 1.807) is 12.3 Å². The van der Waals surface area contributed by atoms with E-state index in [4.69, 9.17) is 11.5 Å². The fourth-order valence-electron chi connectivity index (χ4n) is 1.59. The minimum atomic E-state index is -0.930. The van der Waals surface area contributed by atoms with Gasteiger partial charge in [0.05, 0.1) is 5.60 Å². The van der Waals surface area contributed by atoms with Crippen LogP contribution in [0.2, 0.25) is 0 Å². The molecule has 0 saturated heterocycles. The largest absolute Gasteiger partial charge is 0.388 e. The lowest BCUT2D eigenvalue weighted by molar-refractivity contribution is -0.0490. The summed E-state index contributed by atoms with van der Waals surface area (Å²) in [4.78, 5) is 3.92. The predicted molar refractivity (Wildman–Crippen MR) is 65.8 cm³/mol. The first-order chi connectivity index (χ1) is 7.28. The summed E-state index contributed by atoms with van der Waals surface area (Å²) in [5, 5.41) is 10.5. The fourth-order valence-corrected chi connectivity index (χ4v) is 1.59. The molecule has 1 heterocycles. The van der Waals surface area contributed by atoms with Crippen LogP contribution >= 0.6 is 0 Å². The molecule has 0 amide bonds. The van der Waals surface area contributed by atoms with Gasteiger partial charge in [0.15, 0.2) is 0 Å². The van der Waals surface area contributed by atoms with Gasteiger partial charge in [0.25, 0.3) is 0 Å². The Bertz CT molecular complexity index is 360. The molecule has 4 heteroatoms. The third-order valence-electron chi connectivity index (χ3n) is 3.08. The van der Waals surface area contributed by atoms with E-state index < -0.39 is 5.60 Å². The highest BCUT2D eigenvalue weighted by Crippen LogP contribution is 2.32. The Labute approximate surface area is 96.7 Å². The first kappa shape index (κ1) is 12.9. The molecule has 0 fully saturated rings. The highest BCUT2D eigenvalue weighted by atomic mass is 16.3. The van der Waals surface area contributed by atoms with Gasteiger partial charge in [-0.25, -0.2) is 4.98 Å². The number of rotatable bonds is 3. The maximum absolute atomic E-state index is 10.5. The van der Waals surface area contributed by atoms with Crippen LogP contribution in [0.25, 0.3) is 0 Å². The van der Waals surface area contributed by atoms with E-state index in [1.165, 1.54) is 0 Å². The topological polar surface area (TPSA) is 85.2 Å². The Kier molecular flexibility index (Phi) is 3.55. The van der Waals surface area contributed by atoms with Gasteiger partial charge in [-0.2, -0.15) is 0 Å². The third-order valence-corrected chi connectivity index (χ3v) is 3.08. The first-order valence-electron chi connectivity index (χ1n) is 5.41. The number of anilines is 1. The molecule has 0 radical (unpaired) electrons. The number of aromatic nitrogens is 1. The summed E-state index contributed by atoms with van der Waals surface area (Å²) in [5.74, 6) is 0.464. The number of nitrogens with two attached hydrogens (primary N) is 2. The molecule has 0 aromatic carbocycles. The zero-order chi connectivity index (χ0) is 12.4. The van der Waals surface area contributed by atoms with Crippen molar-refractivity contribution in [1.29, 1.82) is 0 Å². The van der Waals surface area contributed by atoms with Crippen LogP contribution in [0.15, 0.2) is 18.3 Å². The summed E-state index contributed by atoms with van der Waals surface area (Å²) in [6.07, 6.45) is 2.13. The van der Waals surface area contributed by atoms with Crippen LogP contribution in [0.4, 0.5) is 5.82 Å². The molecule has 1 rings (SSSR count). The first-order valence-corrected chi connectivity index (χ1v) is 5.41. The molecule has 90 valence electrons. The highest BCUT2D eigenvalue weighted by Gasteiger charge is 2.38. The minimum absolute atomic E-state index is 0.221. The second-order valence-electron chi connectivity index (χ2n) is 5.25. The lowest BCUT2D eigenvalue weighted by Gasteiger charge is -2.39. The zero-order valence-corrected chi connectivity index (χ0v) is 10.2. The summed E-state index contributed by atoms with van der Waals surface area (Å²) >= 11 is 0. The average molecular weight is 223 g/mol. The van der Waals surface area contributed by atoms with Crippen LogP contribution in [-0.2, 0) is 6.42 Å². The van der Waals surface area contributed by atoms with E-state index in [2.05, 4.69) is 4.98 Å². The van der Waals surface area contributed by atoms with E-state index in [-0.39, 0.29) is 12.0 Å². The summed E-state index contributed by atoms with van der Waals surface area (Å²) in [6.45, 7) is 6.15. The molecule has 0 aliphatic rings. The molecule has 4 nitrogen and oxygen atoms in total. The average Bonchev–Trinajstić information content (AvgIpc) is 2.15. The Hall–Kier alpha value is -1.13. The second kappa shape index (κ2) is 4.39. The Balaban J connectivity index is 2.94. The maximum atomic E-state index is 10.5. The number of nitrogens with zero attached hydrogens (tertiary/aromatic N) is 1. The van der Waals surface area contributed by atoms with Crippen molar-refractivity contribution in [3.63, 3.8) is 0 Å². The summed E-state index contributed by atoms with van der Waals surface area (Å²) in [5.41, 5.74) is 11.0. The molecule has 16 heavy (non-hydrogen) atoms. The van der Waals surface area contributed by atoms with Crippen molar-refractivity contribution in [1.82, 2.24) is 4.98 Å². The predicted octanol–water partition coefficient (Wildman–Crippen LogP) is 0.942. The lowest BCUT2D eigenvalue weighted by atomic mass is 9.73. The van der Waals surface area contributed by atoms with Gasteiger partial charge >= 0.3 is 0 Å². The van der Waals surface area contributed by atoms with Gasteiger partial charge in [0, 0.05) is 19.2 Å². The highest BCUT2D eigenvalue weighted by molar-refractivity contribution is 5.32.